The molecule has 4 heteroatoms. The van der Waals surface area contributed by atoms with E-state index in [1.807, 2.05) is 13.8 Å². The first-order chi connectivity index (χ1) is 9.60. The predicted octanol–water partition coefficient (Wildman–Crippen LogP) is 2.13. The third kappa shape index (κ3) is 2.43. The lowest BCUT2D eigenvalue weighted by molar-refractivity contribution is 0.185. The van der Waals surface area contributed by atoms with Crippen LogP contribution in [0.1, 0.15) is 46.0 Å². The summed E-state index contributed by atoms with van der Waals surface area (Å²) in [5.74, 6) is 3.54. The van der Waals surface area contributed by atoms with Gasteiger partial charge in [0.2, 0.25) is 0 Å². The van der Waals surface area contributed by atoms with Gasteiger partial charge < -0.3 is 15.7 Å². The Hall–Kier alpha value is -0.770. The normalized spacial score (nSPS) is 41.2. The minimum atomic E-state index is -0.0510. The van der Waals surface area contributed by atoms with Crippen molar-refractivity contribution in [1.82, 2.24) is 10.6 Å². The second-order valence-corrected chi connectivity index (χ2v) is 7.33. The van der Waals surface area contributed by atoms with Crippen molar-refractivity contribution in [2.75, 3.05) is 6.61 Å². The highest BCUT2D eigenvalue weighted by Gasteiger charge is 2.54. The number of hydrogen-bond acceptors (Lipinski definition) is 2. The fourth-order valence-corrected chi connectivity index (χ4v) is 4.95. The molecule has 0 spiro atoms. The predicted molar refractivity (Wildman–Crippen MR) is 78.2 cm³/mol. The maximum atomic E-state index is 12.1. The SMILES string of the molecule is CC(CO)C(C)NC(=O)NC1CC2CC1C1CCCC21. The van der Waals surface area contributed by atoms with Crippen LogP contribution in [-0.2, 0) is 0 Å². The lowest BCUT2D eigenvalue weighted by Crippen LogP contribution is -2.50. The van der Waals surface area contributed by atoms with E-state index in [-0.39, 0.29) is 24.6 Å². The molecule has 0 aromatic heterocycles. The summed E-state index contributed by atoms with van der Waals surface area (Å²) in [7, 11) is 0. The number of aliphatic hydroxyl groups is 1. The molecule has 7 unspecified atom stereocenters. The summed E-state index contributed by atoms with van der Waals surface area (Å²) in [5.41, 5.74) is 0. The van der Waals surface area contributed by atoms with Crippen LogP contribution in [0.3, 0.4) is 0 Å². The maximum Gasteiger partial charge on any atom is 0.315 e. The zero-order valence-electron chi connectivity index (χ0n) is 12.6. The summed E-state index contributed by atoms with van der Waals surface area (Å²) < 4.78 is 0. The molecule has 0 saturated heterocycles. The number of amides is 2. The van der Waals surface area contributed by atoms with Crippen LogP contribution in [0.25, 0.3) is 0 Å². The van der Waals surface area contributed by atoms with Crippen LogP contribution in [0.4, 0.5) is 4.79 Å². The van der Waals surface area contributed by atoms with Gasteiger partial charge in [0.25, 0.3) is 0 Å². The van der Waals surface area contributed by atoms with Gasteiger partial charge in [-0.1, -0.05) is 13.3 Å². The molecule has 0 aromatic carbocycles. The molecule has 0 radical (unpaired) electrons. The molecule has 114 valence electrons. The molecular formula is C16H28N2O2. The van der Waals surface area contributed by atoms with Crippen LogP contribution < -0.4 is 10.6 Å². The van der Waals surface area contributed by atoms with Gasteiger partial charge >= 0.3 is 6.03 Å². The minimum absolute atomic E-state index is 0.0119. The van der Waals surface area contributed by atoms with Crippen molar-refractivity contribution in [3.05, 3.63) is 0 Å². The Morgan fingerprint density at radius 2 is 1.95 bits per heavy atom. The number of fused-ring (bicyclic) bond motifs is 5. The Labute approximate surface area is 121 Å². The summed E-state index contributed by atoms with van der Waals surface area (Å²) in [5, 5.41) is 15.3. The molecule has 3 fully saturated rings. The van der Waals surface area contributed by atoms with Gasteiger partial charge in [0, 0.05) is 18.7 Å². The largest absolute Gasteiger partial charge is 0.396 e. The van der Waals surface area contributed by atoms with Crippen molar-refractivity contribution in [3.8, 4) is 0 Å². The fraction of sp³-hybridized carbons (Fsp3) is 0.938. The standard InChI is InChI=1S/C16H28N2O2/c1-9(8-19)10(2)17-16(20)18-15-7-11-6-14(15)13-5-3-4-12(11)13/h9-15,19H,3-8H2,1-2H3,(H2,17,18,20). The number of carbonyl (C=O) groups is 1. The molecule has 3 rings (SSSR count). The lowest BCUT2D eigenvalue weighted by Gasteiger charge is -2.32. The van der Waals surface area contributed by atoms with Crippen LogP contribution in [0.15, 0.2) is 0 Å². The number of urea groups is 1. The molecule has 0 aliphatic heterocycles. The van der Waals surface area contributed by atoms with E-state index >= 15 is 0 Å². The summed E-state index contributed by atoms with van der Waals surface area (Å²) in [6.45, 7) is 4.01. The van der Waals surface area contributed by atoms with Crippen molar-refractivity contribution in [2.24, 2.45) is 29.6 Å². The maximum absolute atomic E-state index is 12.1. The number of carbonyl (C=O) groups excluding carboxylic acids is 1. The fourth-order valence-electron chi connectivity index (χ4n) is 4.95. The Morgan fingerprint density at radius 3 is 2.70 bits per heavy atom. The van der Waals surface area contributed by atoms with E-state index in [2.05, 4.69) is 10.6 Å². The molecule has 7 atom stereocenters. The quantitative estimate of drug-likeness (QED) is 0.739. The van der Waals surface area contributed by atoms with Gasteiger partial charge in [-0.3, -0.25) is 0 Å². The number of hydrogen-bond donors (Lipinski definition) is 3. The van der Waals surface area contributed by atoms with Crippen molar-refractivity contribution >= 4 is 6.03 Å². The average Bonchev–Trinajstić information content (AvgIpc) is 3.08. The van der Waals surface area contributed by atoms with Crippen molar-refractivity contribution in [1.29, 1.82) is 0 Å². The Bertz CT molecular complexity index is 373. The molecular weight excluding hydrogens is 252 g/mol. The first-order valence-corrected chi connectivity index (χ1v) is 8.28. The number of rotatable bonds is 4. The molecule has 2 bridgehead atoms. The van der Waals surface area contributed by atoms with E-state index in [1.165, 1.54) is 32.1 Å². The molecule has 3 aliphatic rings. The lowest BCUT2D eigenvalue weighted by atomic mass is 9.79. The highest BCUT2D eigenvalue weighted by molar-refractivity contribution is 5.74. The van der Waals surface area contributed by atoms with Gasteiger partial charge in [0.15, 0.2) is 0 Å². The zero-order chi connectivity index (χ0) is 14.3. The summed E-state index contributed by atoms with van der Waals surface area (Å²) in [6.07, 6.45) is 6.72. The van der Waals surface area contributed by atoms with E-state index in [1.54, 1.807) is 0 Å². The smallest absolute Gasteiger partial charge is 0.315 e. The van der Waals surface area contributed by atoms with Gasteiger partial charge in [-0.15, -0.1) is 0 Å². The third-order valence-corrected chi connectivity index (χ3v) is 6.25. The molecule has 0 aromatic rings. The molecule has 20 heavy (non-hydrogen) atoms. The monoisotopic (exact) mass is 280 g/mol. The topological polar surface area (TPSA) is 61.4 Å². The van der Waals surface area contributed by atoms with Crippen molar-refractivity contribution in [3.63, 3.8) is 0 Å². The van der Waals surface area contributed by atoms with E-state index in [0.717, 1.165) is 23.7 Å². The first kappa shape index (κ1) is 14.2. The molecule has 3 N–H and O–H groups in total. The first-order valence-electron chi connectivity index (χ1n) is 8.28. The third-order valence-electron chi connectivity index (χ3n) is 6.25. The van der Waals surface area contributed by atoms with Crippen LogP contribution in [0, 0.1) is 29.6 Å². The number of aliphatic hydroxyl groups excluding tert-OH is 1. The summed E-state index contributed by atoms with van der Waals surface area (Å²) in [6, 6.07) is 0.346. The van der Waals surface area contributed by atoms with Gasteiger partial charge in [0.05, 0.1) is 0 Å². The molecule has 4 nitrogen and oxygen atoms in total. The Morgan fingerprint density at radius 1 is 1.20 bits per heavy atom. The molecule has 0 heterocycles. The molecule has 3 aliphatic carbocycles. The second-order valence-electron chi connectivity index (χ2n) is 7.33. The number of nitrogens with one attached hydrogen (secondary N) is 2. The highest BCUT2D eigenvalue weighted by Crippen LogP contribution is 2.58. The van der Waals surface area contributed by atoms with Crippen LogP contribution in [0.5, 0.6) is 0 Å². The van der Waals surface area contributed by atoms with Crippen LogP contribution in [0.2, 0.25) is 0 Å². The molecule has 2 amide bonds. The molecule has 3 saturated carbocycles. The van der Waals surface area contributed by atoms with Crippen molar-refractivity contribution < 1.29 is 9.90 Å². The van der Waals surface area contributed by atoms with Gasteiger partial charge in [0.1, 0.15) is 0 Å². The van der Waals surface area contributed by atoms with E-state index in [4.69, 9.17) is 5.11 Å². The highest BCUT2D eigenvalue weighted by atomic mass is 16.3. The van der Waals surface area contributed by atoms with Gasteiger partial charge in [-0.2, -0.15) is 0 Å². The van der Waals surface area contributed by atoms with Gasteiger partial charge in [-0.25, -0.2) is 4.79 Å². The van der Waals surface area contributed by atoms with E-state index in [9.17, 15) is 4.79 Å². The summed E-state index contributed by atoms with van der Waals surface area (Å²) >= 11 is 0. The minimum Gasteiger partial charge on any atom is -0.396 e. The van der Waals surface area contributed by atoms with E-state index in [0.29, 0.717) is 6.04 Å². The Kier molecular flexibility index (Phi) is 3.93. The second kappa shape index (κ2) is 5.55. The van der Waals surface area contributed by atoms with Gasteiger partial charge in [-0.05, 0) is 62.2 Å². The average molecular weight is 280 g/mol. The van der Waals surface area contributed by atoms with Crippen LogP contribution >= 0.6 is 0 Å². The van der Waals surface area contributed by atoms with Crippen molar-refractivity contribution in [2.45, 2.75) is 58.0 Å². The zero-order valence-corrected chi connectivity index (χ0v) is 12.6. The van der Waals surface area contributed by atoms with E-state index < -0.39 is 0 Å². The summed E-state index contributed by atoms with van der Waals surface area (Å²) in [4.78, 5) is 12.1. The van der Waals surface area contributed by atoms with Crippen LogP contribution in [-0.4, -0.2) is 29.8 Å². The Balaban J connectivity index is 1.51.